The van der Waals surface area contributed by atoms with Crippen LogP contribution in [0.5, 0.6) is 0 Å². The van der Waals surface area contributed by atoms with E-state index in [0.717, 1.165) is 0 Å². The molecule has 1 amide bonds. The van der Waals surface area contributed by atoms with Gasteiger partial charge >= 0.3 is 18.1 Å². The zero-order chi connectivity index (χ0) is 26.3. The van der Waals surface area contributed by atoms with Crippen LogP contribution >= 0.6 is 0 Å². The van der Waals surface area contributed by atoms with Gasteiger partial charge in [-0.25, -0.2) is 13.6 Å². The molecule has 0 unspecified atom stereocenters. The van der Waals surface area contributed by atoms with Crippen LogP contribution in [0.3, 0.4) is 0 Å². The average molecular weight is 506 g/mol. The zero-order valence-electron chi connectivity index (χ0n) is 20.4. The highest BCUT2D eigenvalue weighted by atomic mass is 19.4. The molecular formula is C24H32F5N3O3. The summed E-state index contributed by atoms with van der Waals surface area (Å²) in [6.07, 6.45) is -7.39. The van der Waals surface area contributed by atoms with E-state index in [4.69, 9.17) is 0 Å². The topological polar surface area (TPSA) is 64.1 Å². The summed E-state index contributed by atoms with van der Waals surface area (Å²) >= 11 is 0. The second-order valence-electron chi connectivity index (χ2n) is 10.5. The number of benzene rings is 1. The van der Waals surface area contributed by atoms with Crippen molar-refractivity contribution in [1.82, 2.24) is 4.90 Å². The highest BCUT2D eigenvalue weighted by Gasteiger charge is 2.49. The molecule has 1 N–H and O–H groups in total. The van der Waals surface area contributed by atoms with Crippen molar-refractivity contribution in [3.63, 3.8) is 0 Å². The first-order chi connectivity index (χ1) is 16.0. The van der Waals surface area contributed by atoms with Crippen LogP contribution in [0.25, 0.3) is 0 Å². The molecule has 0 atom stereocenters. The van der Waals surface area contributed by atoms with Crippen molar-refractivity contribution in [3.8, 4) is 0 Å². The zero-order valence-corrected chi connectivity index (χ0v) is 20.4. The van der Waals surface area contributed by atoms with Gasteiger partial charge in [0, 0.05) is 56.3 Å². The number of aromatic carboxylic acids is 1. The maximum atomic E-state index is 13.9. The summed E-state index contributed by atoms with van der Waals surface area (Å²) in [5.41, 5.74) is -0.826. The van der Waals surface area contributed by atoms with Gasteiger partial charge in [0.25, 0.3) is 0 Å². The van der Waals surface area contributed by atoms with Crippen LogP contribution in [0.2, 0.25) is 0 Å². The molecule has 11 heteroatoms. The maximum Gasteiger partial charge on any atom is 0.471 e. The van der Waals surface area contributed by atoms with Crippen LogP contribution in [0.4, 0.5) is 33.3 Å². The minimum atomic E-state index is -5.31. The number of nitrogens with zero attached hydrogens (tertiary/aromatic N) is 3. The molecule has 1 aliphatic carbocycles. The molecule has 1 saturated carbocycles. The number of carbonyl (C=O) groups is 2. The number of hydrogen-bond donors (Lipinski definition) is 1. The van der Waals surface area contributed by atoms with Crippen molar-refractivity contribution in [2.75, 3.05) is 43.0 Å². The summed E-state index contributed by atoms with van der Waals surface area (Å²) in [7, 11) is 1.95. The molecule has 1 aromatic carbocycles. The number of piperazine rings is 1. The number of carbonyl (C=O) groups excluding carboxylic acids is 1. The van der Waals surface area contributed by atoms with E-state index in [0.29, 0.717) is 36.8 Å². The molecule has 0 radical (unpaired) electrons. The lowest BCUT2D eigenvalue weighted by molar-refractivity contribution is -0.171. The summed E-state index contributed by atoms with van der Waals surface area (Å²) in [6, 6.07) is 1.59. The second kappa shape index (κ2) is 9.55. The fourth-order valence-electron chi connectivity index (χ4n) is 4.92. The fourth-order valence-corrected chi connectivity index (χ4v) is 4.92. The largest absolute Gasteiger partial charge is 0.478 e. The van der Waals surface area contributed by atoms with Gasteiger partial charge in [0.15, 0.2) is 0 Å². The summed E-state index contributed by atoms with van der Waals surface area (Å²) < 4.78 is 69.3. The molecule has 35 heavy (non-hydrogen) atoms. The number of alkyl halides is 5. The quantitative estimate of drug-likeness (QED) is 0.590. The van der Waals surface area contributed by atoms with Crippen LogP contribution in [-0.4, -0.2) is 73.3 Å². The van der Waals surface area contributed by atoms with E-state index in [2.05, 4.69) is 4.90 Å². The molecule has 3 rings (SSSR count). The molecule has 0 spiro atoms. The highest BCUT2D eigenvalue weighted by Crippen LogP contribution is 2.46. The summed E-state index contributed by atoms with van der Waals surface area (Å²) in [5, 5.41) is 9.95. The first-order valence-corrected chi connectivity index (χ1v) is 11.7. The van der Waals surface area contributed by atoms with Gasteiger partial charge in [-0.3, -0.25) is 4.79 Å². The van der Waals surface area contributed by atoms with Gasteiger partial charge in [0.1, 0.15) is 0 Å². The van der Waals surface area contributed by atoms with Gasteiger partial charge in [-0.1, -0.05) is 20.8 Å². The molecular weight excluding hydrogens is 473 g/mol. The second-order valence-corrected chi connectivity index (χ2v) is 10.5. The van der Waals surface area contributed by atoms with Crippen molar-refractivity contribution in [2.24, 2.45) is 0 Å². The Balaban J connectivity index is 2.28. The van der Waals surface area contributed by atoms with E-state index in [9.17, 15) is 36.6 Å². The van der Waals surface area contributed by atoms with Crippen LogP contribution in [0.15, 0.2) is 12.1 Å². The number of rotatable bonds is 4. The molecule has 1 heterocycles. The van der Waals surface area contributed by atoms with E-state index in [1.54, 1.807) is 26.8 Å². The number of likely N-dealkylation sites (N-methyl/N-ethyl adjacent to an activating group) is 1. The summed E-state index contributed by atoms with van der Waals surface area (Å²) in [4.78, 5) is 29.6. The molecule has 2 aliphatic rings. The Labute approximate surface area is 201 Å². The van der Waals surface area contributed by atoms with Crippen molar-refractivity contribution < 1.29 is 36.6 Å². The van der Waals surface area contributed by atoms with Crippen molar-refractivity contribution >= 4 is 23.3 Å². The number of halogens is 5. The Bertz CT molecular complexity index is 956. The van der Waals surface area contributed by atoms with E-state index in [1.165, 1.54) is 6.07 Å². The average Bonchev–Trinajstić information content (AvgIpc) is 2.73. The molecule has 1 aliphatic heterocycles. The van der Waals surface area contributed by atoms with Crippen LogP contribution in [-0.2, 0) is 10.2 Å². The molecule has 1 aromatic rings. The number of carboxylic acid groups (broad SMARTS) is 1. The molecule has 0 aromatic heterocycles. The normalized spacial score (nSPS) is 20.1. The van der Waals surface area contributed by atoms with E-state index >= 15 is 0 Å². The lowest BCUT2D eigenvalue weighted by atomic mass is 9.81. The fraction of sp³-hybridized carbons (Fsp3) is 0.667. The van der Waals surface area contributed by atoms with Gasteiger partial charge in [0.2, 0.25) is 5.92 Å². The molecule has 0 bridgehead atoms. The predicted molar refractivity (Wildman–Crippen MR) is 123 cm³/mol. The Morgan fingerprint density at radius 2 is 1.57 bits per heavy atom. The maximum absolute atomic E-state index is 13.9. The highest BCUT2D eigenvalue weighted by molar-refractivity contribution is 6.06. The number of amides is 1. The molecule has 6 nitrogen and oxygen atoms in total. The van der Waals surface area contributed by atoms with Crippen LogP contribution in [0.1, 0.15) is 62.4 Å². The van der Waals surface area contributed by atoms with Gasteiger partial charge in [-0.2, -0.15) is 13.2 Å². The van der Waals surface area contributed by atoms with Gasteiger partial charge in [0.05, 0.1) is 11.3 Å². The van der Waals surface area contributed by atoms with Gasteiger partial charge in [-0.05, 0) is 37.4 Å². The van der Waals surface area contributed by atoms with Gasteiger partial charge in [-0.15, -0.1) is 0 Å². The SMILES string of the molecule is CN1CCN(c2ccc(C(=O)O)c(N(C(=O)C(F)(F)F)C3CCC(F)(F)CC3)c2C(C)(C)C)CC1. The predicted octanol–water partition coefficient (Wildman–Crippen LogP) is 4.91. The van der Waals surface area contributed by atoms with Crippen molar-refractivity contribution in [2.45, 2.75) is 70.0 Å². The third kappa shape index (κ3) is 5.87. The monoisotopic (exact) mass is 505 g/mol. The van der Waals surface area contributed by atoms with Crippen LogP contribution in [0, 0.1) is 0 Å². The first-order valence-electron chi connectivity index (χ1n) is 11.7. The van der Waals surface area contributed by atoms with Crippen molar-refractivity contribution in [3.05, 3.63) is 23.3 Å². The standard InChI is InChI=1S/C24H32F5N3O3/c1-22(2,3)18-17(31-13-11-30(4)12-14-31)6-5-16(20(33)34)19(18)32(21(35)24(27,28)29)15-7-9-23(25,26)10-8-15/h5-6,15H,7-14H2,1-4H3,(H,33,34). The van der Waals surface area contributed by atoms with E-state index in [1.807, 2.05) is 11.9 Å². The minimum absolute atomic E-state index is 0.289. The summed E-state index contributed by atoms with van der Waals surface area (Å²) in [5.74, 6) is -6.76. The molecule has 196 valence electrons. The lowest BCUT2D eigenvalue weighted by Crippen LogP contribution is -2.51. The van der Waals surface area contributed by atoms with E-state index < -0.39 is 53.8 Å². The Morgan fingerprint density at radius 1 is 1.03 bits per heavy atom. The third-order valence-corrected chi connectivity index (χ3v) is 6.73. The van der Waals surface area contributed by atoms with Gasteiger partial charge < -0.3 is 19.8 Å². The number of hydrogen-bond acceptors (Lipinski definition) is 4. The van der Waals surface area contributed by atoms with E-state index in [-0.39, 0.29) is 24.1 Å². The Kier molecular flexibility index (Phi) is 7.41. The minimum Gasteiger partial charge on any atom is -0.478 e. The third-order valence-electron chi connectivity index (χ3n) is 6.73. The van der Waals surface area contributed by atoms with Crippen molar-refractivity contribution in [1.29, 1.82) is 0 Å². The Morgan fingerprint density at radius 3 is 2.03 bits per heavy atom. The van der Waals surface area contributed by atoms with Crippen LogP contribution < -0.4 is 9.80 Å². The number of carboxylic acids is 1. The summed E-state index contributed by atoms with van der Waals surface area (Å²) in [6.45, 7) is 7.74. The lowest BCUT2D eigenvalue weighted by Gasteiger charge is -2.42. The molecule has 2 fully saturated rings. The number of anilines is 2. The smallest absolute Gasteiger partial charge is 0.471 e. The molecule has 1 saturated heterocycles. The Hall–Kier alpha value is -2.43. The first kappa shape index (κ1) is 27.2.